The lowest BCUT2D eigenvalue weighted by atomic mass is 10.1. The third-order valence-electron chi connectivity index (χ3n) is 3.22. The molecule has 2 aromatic rings. The number of anilines is 2. The normalized spacial score (nSPS) is 11.6. The second kappa shape index (κ2) is 5.40. The average Bonchev–Trinajstić information content (AvgIpc) is 2.45. The van der Waals surface area contributed by atoms with E-state index in [4.69, 9.17) is 11.0 Å². The molecule has 2 rings (SSSR count). The largest absolute Gasteiger partial charge is 0.399 e. The van der Waals surface area contributed by atoms with Gasteiger partial charge in [-0.3, -0.25) is 0 Å². The number of pyridine rings is 1. The van der Waals surface area contributed by atoms with Crippen molar-refractivity contribution in [3.63, 3.8) is 0 Å². The van der Waals surface area contributed by atoms with Gasteiger partial charge in [0.25, 0.3) is 0 Å². The van der Waals surface area contributed by atoms with E-state index in [9.17, 15) is 0 Å². The zero-order chi connectivity index (χ0) is 13.8. The summed E-state index contributed by atoms with van der Waals surface area (Å²) in [6.45, 7) is 2.06. The molecular formula is C15H16N4. The zero-order valence-corrected chi connectivity index (χ0v) is 11.0. The van der Waals surface area contributed by atoms with Crippen molar-refractivity contribution in [2.24, 2.45) is 0 Å². The van der Waals surface area contributed by atoms with Gasteiger partial charge in [-0.1, -0.05) is 12.1 Å². The summed E-state index contributed by atoms with van der Waals surface area (Å²) in [6.07, 6.45) is 1.69. The SMILES string of the molecule is CC(c1cccc(N)c1)N(C)c1ncccc1C#N. The summed E-state index contributed by atoms with van der Waals surface area (Å²) < 4.78 is 0. The number of nitrogens with zero attached hydrogens (tertiary/aromatic N) is 3. The van der Waals surface area contributed by atoms with Gasteiger partial charge in [-0.2, -0.15) is 5.26 Å². The Morgan fingerprint density at radius 3 is 2.79 bits per heavy atom. The molecule has 0 fully saturated rings. The van der Waals surface area contributed by atoms with Crippen LogP contribution in [0.3, 0.4) is 0 Å². The molecule has 0 bridgehead atoms. The van der Waals surface area contributed by atoms with Gasteiger partial charge in [0.1, 0.15) is 11.9 Å². The van der Waals surface area contributed by atoms with Crippen LogP contribution in [0, 0.1) is 11.3 Å². The Morgan fingerprint density at radius 2 is 2.11 bits per heavy atom. The molecule has 1 aromatic heterocycles. The summed E-state index contributed by atoms with van der Waals surface area (Å²) >= 11 is 0. The monoisotopic (exact) mass is 252 g/mol. The Bertz CT molecular complexity index is 616. The standard InChI is InChI=1S/C15H16N4/c1-11(12-5-3-7-14(17)9-12)19(2)15-13(10-16)6-4-8-18-15/h3-9,11H,17H2,1-2H3. The highest BCUT2D eigenvalue weighted by molar-refractivity contribution is 5.55. The molecule has 4 heteroatoms. The fourth-order valence-corrected chi connectivity index (χ4v) is 1.99. The van der Waals surface area contributed by atoms with E-state index in [0.717, 1.165) is 11.3 Å². The van der Waals surface area contributed by atoms with Crippen molar-refractivity contribution < 1.29 is 0 Å². The highest BCUT2D eigenvalue weighted by Gasteiger charge is 2.16. The quantitative estimate of drug-likeness (QED) is 0.853. The summed E-state index contributed by atoms with van der Waals surface area (Å²) in [5.41, 5.74) is 8.20. The van der Waals surface area contributed by atoms with Crippen LogP contribution in [0.1, 0.15) is 24.1 Å². The molecule has 0 aliphatic heterocycles. The fraction of sp³-hybridized carbons (Fsp3) is 0.200. The second-order valence-electron chi connectivity index (χ2n) is 4.44. The molecule has 0 saturated heterocycles. The van der Waals surface area contributed by atoms with Gasteiger partial charge in [0.05, 0.1) is 11.6 Å². The summed E-state index contributed by atoms with van der Waals surface area (Å²) in [4.78, 5) is 6.27. The van der Waals surface area contributed by atoms with Crippen LogP contribution in [0.5, 0.6) is 0 Å². The van der Waals surface area contributed by atoms with Crippen LogP contribution in [0.2, 0.25) is 0 Å². The molecule has 4 nitrogen and oxygen atoms in total. The number of nitriles is 1. The lowest BCUT2D eigenvalue weighted by Crippen LogP contribution is -2.23. The molecule has 96 valence electrons. The maximum absolute atomic E-state index is 9.13. The van der Waals surface area contributed by atoms with Gasteiger partial charge in [0.2, 0.25) is 0 Å². The maximum atomic E-state index is 9.13. The number of nitrogen functional groups attached to an aromatic ring is 1. The first-order chi connectivity index (χ1) is 9.13. The van der Waals surface area contributed by atoms with Crippen LogP contribution >= 0.6 is 0 Å². The Morgan fingerprint density at radius 1 is 1.32 bits per heavy atom. The van der Waals surface area contributed by atoms with E-state index in [1.165, 1.54) is 0 Å². The van der Waals surface area contributed by atoms with Gasteiger partial charge in [-0.15, -0.1) is 0 Å². The number of hydrogen-bond acceptors (Lipinski definition) is 4. The van der Waals surface area contributed by atoms with Gasteiger partial charge in [-0.25, -0.2) is 4.98 Å². The lowest BCUT2D eigenvalue weighted by molar-refractivity contribution is 0.728. The predicted molar refractivity (Wildman–Crippen MR) is 76.6 cm³/mol. The summed E-state index contributed by atoms with van der Waals surface area (Å²) in [6, 6.07) is 13.5. The van der Waals surface area contributed by atoms with E-state index in [1.807, 2.05) is 36.2 Å². The smallest absolute Gasteiger partial charge is 0.146 e. The third-order valence-corrected chi connectivity index (χ3v) is 3.22. The molecule has 2 N–H and O–H groups in total. The van der Waals surface area contributed by atoms with Gasteiger partial charge in [-0.05, 0) is 36.8 Å². The van der Waals surface area contributed by atoms with Crippen molar-refractivity contribution in [2.45, 2.75) is 13.0 Å². The molecule has 0 aliphatic carbocycles. The van der Waals surface area contributed by atoms with Gasteiger partial charge in [0.15, 0.2) is 0 Å². The van der Waals surface area contributed by atoms with Crippen LogP contribution in [-0.4, -0.2) is 12.0 Å². The Labute approximate surface area is 113 Å². The second-order valence-corrected chi connectivity index (χ2v) is 4.44. The van der Waals surface area contributed by atoms with Crippen molar-refractivity contribution in [1.82, 2.24) is 4.98 Å². The first-order valence-corrected chi connectivity index (χ1v) is 6.07. The maximum Gasteiger partial charge on any atom is 0.146 e. The third kappa shape index (κ3) is 2.66. The van der Waals surface area contributed by atoms with E-state index in [2.05, 4.69) is 18.0 Å². The van der Waals surface area contributed by atoms with E-state index >= 15 is 0 Å². The molecule has 19 heavy (non-hydrogen) atoms. The molecule has 1 aromatic carbocycles. The molecule has 1 atom stereocenters. The lowest BCUT2D eigenvalue weighted by Gasteiger charge is -2.27. The summed E-state index contributed by atoms with van der Waals surface area (Å²) in [5, 5.41) is 9.13. The van der Waals surface area contributed by atoms with E-state index in [-0.39, 0.29) is 6.04 Å². The first-order valence-electron chi connectivity index (χ1n) is 6.07. The van der Waals surface area contributed by atoms with E-state index in [0.29, 0.717) is 11.4 Å². The average molecular weight is 252 g/mol. The molecule has 1 unspecified atom stereocenters. The van der Waals surface area contributed by atoms with Crippen LogP contribution in [0.4, 0.5) is 11.5 Å². The highest BCUT2D eigenvalue weighted by atomic mass is 15.2. The van der Waals surface area contributed by atoms with E-state index in [1.54, 1.807) is 18.3 Å². The number of benzene rings is 1. The number of rotatable bonds is 3. The minimum absolute atomic E-state index is 0.0884. The molecule has 0 aliphatic rings. The predicted octanol–water partition coefficient (Wildman–Crippen LogP) is 2.73. The van der Waals surface area contributed by atoms with Crippen molar-refractivity contribution in [3.8, 4) is 6.07 Å². The Kier molecular flexibility index (Phi) is 3.67. The van der Waals surface area contributed by atoms with Gasteiger partial charge in [0, 0.05) is 18.9 Å². The van der Waals surface area contributed by atoms with Crippen LogP contribution in [-0.2, 0) is 0 Å². The highest BCUT2D eigenvalue weighted by Crippen LogP contribution is 2.26. The van der Waals surface area contributed by atoms with E-state index < -0.39 is 0 Å². The topological polar surface area (TPSA) is 65.9 Å². The van der Waals surface area contributed by atoms with Crippen molar-refractivity contribution in [1.29, 1.82) is 5.26 Å². The zero-order valence-electron chi connectivity index (χ0n) is 11.0. The van der Waals surface area contributed by atoms with Gasteiger partial charge < -0.3 is 10.6 Å². The molecule has 0 amide bonds. The van der Waals surface area contributed by atoms with Crippen LogP contribution in [0.15, 0.2) is 42.6 Å². The molecule has 0 saturated carbocycles. The minimum Gasteiger partial charge on any atom is -0.399 e. The van der Waals surface area contributed by atoms with Crippen molar-refractivity contribution >= 4 is 11.5 Å². The number of aromatic nitrogens is 1. The molecule has 0 spiro atoms. The molecule has 0 radical (unpaired) electrons. The molecule has 1 heterocycles. The number of nitrogens with two attached hydrogens (primary N) is 1. The van der Waals surface area contributed by atoms with Crippen molar-refractivity contribution in [3.05, 3.63) is 53.7 Å². The summed E-state index contributed by atoms with van der Waals surface area (Å²) in [5.74, 6) is 0.680. The van der Waals surface area contributed by atoms with Gasteiger partial charge >= 0.3 is 0 Å². The van der Waals surface area contributed by atoms with Crippen LogP contribution in [0.25, 0.3) is 0 Å². The fourth-order valence-electron chi connectivity index (χ4n) is 1.99. The van der Waals surface area contributed by atoms with Crippen molar-refractivity contribution in [2.75, 3.05) is 17.7 Å². The first kappa shape index (κ1) is 12.9. The minimum atomic E-state index is 0.0884. The number of hydrogen-bond donors (Lipinski definition) is 1. The summed E-state index contributed by atoms with van der Waals surface area (Å²) in [7, 11) is 1.93. The Hall–Kier alpha value is -2.54. The van der Waals surface area contributed by atoms with Crippen LogP contribution < -0.4 is 10.6 Å². The molecular weight excluding hydrogens is 236 g/mol. The Balaban J connectivity index is 2.34.